The Morgan fingerprint density at radius 1 is 1.00 bits per heavy atom. The predicted molar refractivity (Wildman–Crippen MR) is 131 cm³/mol. The van der Waals surface area contributed by atoms with Crippen LogP contribution >= 0.6 is 0 Å². The van der Waals surface area contributed by atoms with E-state index in [1.165, 1.54) is 61.2 Å². The van der Waals surface area contributed by atoms with E-state index in [0.717, 1.165) is 18.7 Å². The Hall–Kier alpha value is -2.89. The number of nitrogens with one attached hydrogen (secondary N) is 1. The molecule has 5 heteroatoms. The Balaban J connectivity index is 1.10. The fourth-order valence-corrected chi connectivity index (χ4v) is 4.91. The number of benzene rings is 2. The molecule has 5 nitrogen and oxygen atoms in total. The van der Waals surface area contributed by atoms with Crippen molar-refractivity contribution in [2.24, 2.45) is 0 Å². The van der Waals surface area contributed by atoms with Gasteiger partial charge >= 0.3 is 0 Å². The van der Waals surface area contributed by atoms with Crippen molar-refractivity contribution in [1.82, 2.24) is 24.3 Å². The highest BCUT2D eigenvalue weighted by molar-refractivity contribution is 5.85. The van der Waals surface area contributed by atoms with E-state index in [0.29, 0.717) is 5.92 Å². The second kappa shape index (κ2) is 9.72. The zero-order valence-corrected chi connectivity index (χ0v) is 19.0. The Morgan fingerprint density at radius 2 is 1.81 bits per heavy atom. The van der Waals surface area contributed by atoms with Crippen molar-refractivity contribution in [3.05, 3.63) is 84.6 Å². The van der Waals surface area contributed by atoms with E-state index in [2.05, 4.69) is 86.0 Å². The van der Waals surface area contributed by atoms with Gasteiger partial charge in [-0.15, -0.1) is 0 Å². The molecule has 0 radical (unpaired) electrons. The van der Waals surface area contributed by atoms with Crippen LogP contribution in [0.2, 0.25) is 0 Å². The van der Waals surface area contributed by atoms with E-state index < -0.39 is 0 Å². The van der Waals surface area contributed by atoms with Crippen LogP contribution in [0.5, 0.6) is 0 Å². The number of aryl methyl sites for hydroxylation is 1. The summed E-state index contributed by atoms with van der Waals surface area (Å²) in [6.45, 7) is 9.40. The molecule has 3 heterocycles. The summed E-state index contributed by atoms with van der Waals surface area (Å²) in [5, 5.41) is 1.33. The second-order valence-corrected chi connectivity index (χ2v) is 9.07. The molecule has 5 rings (SSSR count). The van der Waals surface area contributed by atoms with Crippen LogP contribution in [0.1, 0.15) is 30.4 Å². The number of rotatable bonds is 8. The molecule has 1 N–H and O–H groups in total. The molecule has 0 aliphatic carbocycles. The van der Waals surface area contributed by atoms with Gasteiger partial charge in [-0.2, -0.15) is 0 Å². The van der Waals surface area contributed by atoms with E-state index in [9.17, 15) is 0 Å². The summed E-state index contributed by atoms with van der Waals surface area (Å²) in [5.74, 6) is 0.594. The number of nitrogens with zero attached hydrogens (tertiary/aromatic N) is 4. The van der Waals surface area contributed by atoms with Crippen molar-refractivity contribution in [1.29, 1.82) is 0 Å². The van der Waals surface area contributed by atoms with Gasteiger partial charge < -0.3 is 19.4 Å². The summed E-state index contributed by atoms with van der Waals surface area (Å²) in [7, 11) is 0. The summed E-state index contributed by atoms with van der Waals surface area (Å²) < 4.78 is 2.06. The number of imidazole rings is 1. The maximum atomic E-state index is 4.17. The van der Waals surface area contributed by atoms with Gasteiger partial charge in [0, 0.05) is 67.9 Å². The maximum Gasteiger partial charge on any atom is 0.0991 e. The van der Waals surface area contributed by atoms with Crippen LogP contribution in [-0.2, 0) is 6.42 Å². The van der Waals surface area contributed by atoms with Gasteiger partial charge in [-0.25, -0.2) is 4.98 Å². The molecule has 1 atom stereocenters. The topological polar surface area (TPSA) is 40.1 Å². The largest absolute Gasteiger partial charge is 0.361 e. The second-order valence-electron chi connectivity index (χ2n) is 9.07. The standard InChI is InChI=1S/C27H33N5/c1-22(23-6-3-2-4-7-23)20-31-16-14-30(15-17-31)12-5-8-24-19-29-27-10-9-25(18-26(24)27)32-13-11-28-21-32/h2-4,6-7,9-11,13,18-19,21-22,29H,5,8,12,14-17,20H2,1H3. The summed E-state index contributed by atoms with van der Waals surface area (Å²) in [6, 6.07) is 17.5. The number of fused-ring (bicyclic) bond motifs is 1. The Morgan fingerprint density at radius 3 is 2.59 bits per heavy atom. The van der Waals surface area contributed by atoms with E-state index >= 15 is 0 Å². The molecule has 1 aliphatic rings. The molecule has 0 bridgehead atoms. The van der Waals surface area contributed by atoms with Crippen LogP contribution < -0.4 is 0 Å². The molecule has 32 heavy (non-hydrogen) atoms. The minimum absolute atomic E-state index is 0.594. The minimum Gasteiger partial charge on any atom is -0.361 e. The van der Waals surface area contributed by atoms with Gasteiger partial charge in [0.1, 0.15) is 0 Å². The smallest absolute Gasteiger partial charge is 0.0991 e. The van der Waals surface area contributed by atoms with Gasteiger partial charge in [0.05, 0.1) is 6.33 Å². The quantitative estimate of drug-likeness (QED) is 0.443. The van der Waals surface area contributed by atoms with Crippen molar-refractivity contribution < 1.29 is 0 Å². The Kier molecular flexibility index (Phi) is 6.37. The number of hydrogen-bond donors (Lipinski definition) is 1. The first-order chi connectivity index (χ1) is 15.8. The lowest BCUT2D eigenvalue weighted by Gasteiger charge is -2.36. The summed E-state index contributed by atoms with van der Waals surface area (Å²) in [5.41, 5.74) is 5.24. The Labute approximate surface area is 190 Å². The lowest BCUT2D eigenvalue weighted by atomic mass is 10.0. The molecule has 166 valence electrons. The number of piperazine rings is 1. The average molecular weight is 428 g/mol. The van der Waals surface area contributed by atoms with Crippen molar-refractivity contribution in [2.45, 2.75) is 25.7 Å². The van der Waals surface area contributed by atoms with Gasteiger partial charge in [-0.3, -0.25) is 0 Å². The summed E-state index contributed by atoms with van der Waals surface area (Å²) >= 11 is 0. The first kappa shape index (κ1) is 21.0. The molecule has 2 aromatic heterocycles. The minimum atomic E-state index is 0.594. The molecule has 0 spiro atoms. The monoisotopic (exact) mass is 427 g/mol. The maximum absolute atomic E-state index is 4.17. The first-order valence-electron chi connectivity index (χ1n) is 11.8. The lowest BCUT2D eigenvalue weighted by molar-refractivity contribution is 0.127. The van der Waals surface area contributed by atoms with Crippen LogP contribution in [0, 0.1) is 0 Å². The SMILES string of the molecule is CC(CN1CCN(CCCc2c[nH]c3ccc(-n4ccnc4)cc23)CC1)c1ccccc1. The number of aromatic amines is 1. The summed E-state index contributed by atoms with van der Waals surface area (Å²) in [6.07, 6.45) is 10.2. The molecular formula is C27H33N5. The van der Waals surface area contributed by atoms with E-state index in [1.807, 2.05) is 18.7 Å². The fourth-order valence-electron chi connectivity index (χ4n) is 4.91. The lowest BCUT2D eigenvalue weighted by Crippen LogP contribution is -2.47. The van der Waals surface area contributed by atoms with E-state index in [-0.39, 0.29) is 0 Å². The molecule has 4 aromatic rings. The Bertz CT molecular complexity index is 1110. The molecule has 1 saturated heterocycles. The van der Waals surface area contributed by atoms with E-state index in [1.54, 1.807) is 0 Å². The first-order valence-corrected chi connectivity index (χ1v) is 11.8. The molecule has 0 amide bonds. The molecule has 2 aromatic carbocycles. The van der Waals surface area contributed by atoms with Gasteiger partial charge in [0.2, 0.25) is 0 Å². The molecule has 1 aliphatic heterocycles. The molecule has 1 unspecified atom stereocenters. The zero-order valence-electron chi connectivity index (χ0n) is 19.0. The van der Waals surface area contributed by atoms with Crippen LogP contribution in [0.25, 0.3) is 16.6 Å². The van der Waals surface area contributed by atoms with Crippen molar-refractivity contribution in [3.8, 4) is 5.69 Å². The molecule has 0 saturated carbocycles. The third-order valence-electron chi connectivity index (χ3n) is 6.84. The van der Waals surface area contributed by atoms with Crippen molar-refractivity contribution in [2.75, 3.05) is 39.3 Å². The van der Waals surface area contributed by atoms with Crippen molar-refractivity contribution in [3.63, 3.8) is 0 Å². The number of H-pyrrole nitrogens is 1. The zero-order chi connectivity index (χ0) is 21.8. The average Bonchev–Trinajstić information content (AvgIpc) is 3.51. The highest BCUT2D eigenvalue weighted by atomic mass is 15.3. The summed E-state index contributed by atoms with van der Waals surface area (Å²) in [4.78, 5) is 12.9. The molecular weight excluding hydrogens is 394 g/mol. The van der Waals surface area contributed by atoms with Gasteiger partial charge in [0.25, 0.3) is 0 Å². The van der Waals surface area contributed by atoms with E-state index in [4.69, 9.17) is 0 Å². The van der Waals surface area contributed by atoms with Crippen LogP contribution in [0.3, 0.4) is 0 Å². The number of hydrogen-bond acceptors (Lipinski definition) is 3. The van der Waals surface area contributed by atoms with Gasteiger partial charge in [-0.05, 0) is 54.6 Å². The number of aromatic nitrogens is 3. The van der Waals surface area contributed by atoms with Crippen molar-refractivity contribution >= 4 is 10.9 Å². The highest BCUT2D eigenvalue weighted by Gasteiger charge is 2.19. The predicted octanol–water partition coefficient (Wildman–Crippen LogP) is 4.71. The van der Waals surface area contributed by atoms with Crippen LogP contribution in [0.4, 0.5) is 0 Å². The van der Waals surface area contributed by atoms with Crippen LogP contribution in [0.15, 0.2) is 73.4 Å². The van der Waals surface area contributed by atoms with Gasteiger partial charge in [0.15, 0.2) is 0 Å². The van der Waals surface area contributed by atoms with Crippen LogP contribution in [-0.4, -0.2) is 63.6 Å². The normalized spacial score (nSPS) is 16.5. The third kappa shape index (κ3) is 4.79. The van der Waals surface area contributed by atoms with Gasteiger partial charge in [-0.1, -0.05) is 37.3 Å². The fraction of sp³-hybridized carbons (Fsp3) is 0.370. The molecule has 1 fully saturated rings. The highest BCUT2D eigenvalue weighted by Crippen LogP contribution is 2.23. The third-order valence-corrected chi connectivity index (χ3v) is 6.84.